The maximum Gasteiger partial charge on any atom is 0.232 e. The molecule has 0 aromatic carbocycles. The summed E-state index contributed by atoms with van der Waals surface area (Å²) >= 11 is 0. The van der Waals surface area contributed by atoms with Crippen LogP contribution in [-0.4, -0.2) is 97.8 Å². The summed E-state index contributed by atoms with van der Waals surface area (Å²) in [5.41, 5.74) is -0.602. The number of rotatable bonds is 17. The molecule has 2 aliphatic rings. The zero-order chi connectivity index (χ0) is 30.1. The van der Waals surface area contributed by atoms with Gasteiger partial charge in [0.15, 0.2) is 0 Å². The molecule has 0 aromatic heterocycles. The molecule has 2 N–H and O–H groups in total. The van der Waals surface area contributed by atoms with E-state index in [1.54, 1.807) is 13.8 Å². The Kier molecular flexibility index (Phi) is 12.2. The molecule has 2 atom stereocenters. The molecule has 0 radical (unpaired) electrons. The topological polar surface area (TPSA) is 151 Å². The first-order valence-corrected chi connectivity index (χ1v) is 14.0. The van der Waals surface area contributed by atoms with Gasteiger partial charge in [-0.3, -0.25) is 38.6 Å². The Labute approximate surface area is 236 Å². The van der Waals surface area contributed by atoms with Gasteiger partial charge in [-0.05, 0) is 0 Å². The van der Waals surface area contributed by atoms with Crippen molar-refractivity contribution in [2.24, 2.45) is 22.7 Å². The number of amides is 6. The monoisotopic (exact) mass is 566 g/mol. The Bertz CT molecular complexity index is 964. The van der Waals surface area contributed by atoms with Crippen LogP contribution >= 0.6 is 0 Å². The van der Waals surface area contributed by atoms with Gasteiger partial charge in [-0.1, -0.05) is 41.5 Å². The van der Waals surface area contributed by atoms with Gasteiger partial charge in [0.2, 0.25) is 35.4 Å². The van der Waals surface area contributed by atoms with E-state index in [4.69, 9.17) is 9.47 Å². The van der Waals surface area contributed by atoms with E-state index in [0.717, 1.165) is 4.90 Å². The van der Waals surface area contributed by atoms with E-state index < -0.39 is 0 Å². The Morgan fingerprint density at radius 3 is 1.68 bits per heavy atom. The largest absolute Gasteiger partial charge is 0.380 e. The number of nitrogens with zero attached hydrogens (tertiary/aromatic N) is 2. The molecule has 2 saturated heterocycles. The van der Waals surface area contributed by atoms with Crippen molar-refractivity contribution in [3.05, 3.63) is 0 Å². The fourth-order valence-corrected chi connectivity index (χ4v) is 4.42. The van der Waals surface area contributed by atoms with E-state index in [-0.39, 0.29) is 96.9 Å². The van der Waals surface area contributed by atoms with Gasteiger partial charge in [-0.2, -0.15) is 0 Å². The average Bonchev–Trinajstić information content (AvgIpc) is 3.25. The van der Waals surface area contributed by atoms with Crippen LogP contribution < -0.4 is 10.6 Å². The van der Waals surface area contributed by atoms with E-state index in [9.17, 15) is 28.8 Å². The minimum Gasteiger partial charge on any atom is -0.380 e. The van der Waals surface area contributed by atoms with Crippen molar-refractivity contribution >= 4 is 35.4 Å². The number of carbonyl (C=O) groups excluding carboxylic acids is 6. The van der Waals surface area contributed by atoms with Crippen molar-refractivity contribution in [3.63, 3.8) is 0 Å². The zero-order valence-corrected chi connectivity index (χ0v) is 24.8. The number of imide groups is 2. The third kappa shape index (κ3) is 10.6. The fourth-order valence-electron chi connectivity index (χ4n) is 4.42. The highest BCUT2D eigenvalue weighted by atomic mass is 16.5. The Balaban J connectivity index is 1.55. The smallest absolute Gasteiger partial charge is 0.232 e. The normalized spacial score (nSPS) is 20.1. The highest BCUT2D eigenvalue weighted by Crippen LogP contribution is 2.21. The van der Waals surface area contributed by atoms with Crippen LogP contribution in [0.3, 0.4) is 0 Å². The first-order chi connectivity index (χ1) is 18.6. The van der Waals surface area contributed by atoms with Gasteiger partial charge in [-0.25, -0.2) is 0 Å². The molecule has 0 spiro atoms. The summed E-state index contributed by atoms with van der Waals surface area (Å²) in [6.07, 6.45) is 0.545. The van der Waals surface area contributed by atoms with Gasteiger partial charge in [0.1, 0.15) is 0 Å². The van der Waals surface area contributed by atoms with Crippen LogP contribution in [0, 0.1) is 22.7 Å². The van der Waals surface area contributed by atoms with Crippen LogP contribution in [0.25, 0.3) is 0 Å². The molecule has 2 unspecified atom stereocenters. The van der Waals surface area contributed by atoms with E-state index in [1.165, 1.54) is 4.90 Å². The molecule has 0 bridgehead atoms. The van der Waals surface area contributed by atoms with Gasteiger partial charge in [-0.15, -0.1) is 0 Å². The van der Waals surface area contributed by atoms with Crippen molar-refractivity contribution in [1.82, 2.24) is 20.4 Å². The van der Waals surface area contributed by atoms with Gasteiger partial charge < -0.3 is 20.1 Å². The van der Waals surface area contributed by atoms with Crippen molar-refractivity contribution in [3.8, 4) is 0 Å². The number of hydrogen-bond acceptors (Lipinski definition) is 8. The lowest BCUT2D eigenvalue weighted by atomic mass is 9.93. The molecule has 2 heterocycles. The lowest BCUT2D eigenvalue weighted by Gasteiger charge is -2.29. The summed E-state index contributed by atoms with van der Waals surface area (Å²) in [4.78, 5) is 74.1. The third-order valence-corrected chi connectivity index (χ3v) is 6.87. The second kappa shape index (κ2) is 14.7. The summed E-state index contributed by atoms with van der Waals surface area (Å²) in [5, 5.41) is 5.60. The number of ether oxygens (including phenoxy) is 2. The second-order valence-electron chi connectivity index (χ2n) is 12.5. The highest BCUT2D eigenvalue weighted by Gasteiger charge is 2.36. The predicted molar refractivity (Wildman–Crippen MR) is 145 cm³/mol. The molecule has 12 heteroatoms. The number of carbonyl (C=O) groups is 6. The SMILES string of the molecule is CC1CC(=O)N(CCC(=O)NCCOCC(C)(C)COCC(C)(C)CNC(=O)CCN2C(=O)CC(C)C2=O)C1=O. The number of nitrogens with one attached hydrogen (secondary N) is 2. The van der Waals surface area contributed by atoms with Crippen LogP contribution in [0.4, 0.5) is 0 Å². The maximum atomic E-state index is 12.2. The summed E-state index contributed by atoms with van der Waals surface area (Å²) < 4.78 is 11.6. The maximum absolute atomic E-state index is 12.2. The molecule has 12 nitrogen and oxygen atoms in total. The summed E-state index contributed by atoms with van der Waals surface area (Å²) in [7, 11) is 0. The van der Waals surface area contributed by atoms with Gasteiger partial charge in [0.05, 0.1) is 26.4 Å². The van der Waals surface area contributed by atoms with Crippen molar-refractivity contribution < 1.29 is 38.2 Å². The Hall–Kier alpha value is -2.86. The van der Waals surface area contributed by atoms with E-state index in [0.29, 0.717) is 39.5 Å². The standard InChI is InChI=1S/C28H46N4O8/c1-19-13-23(35)31(25(19)37)10-7-21(33)29-9-12-39-17-28(5,6)18-40-16-27(3,4)15-30-22(34)8-11-32-24(36)14-20(2)26(32)38/h19-20H,7-18H2,1-6H3,(H,29,33)(H,30,34). The molecule has 0 aliphatic carbocycles. The number of hydrogen-bond donors (Lipinski definition) is 2. The molecule has 6 amide bonds. The van der Waals surface area contributed by atoms with Crippen LogP contribution in [0.2, 0.25) is 0 Å². The van der Waals surface area contributed by atoms with E-state index in [1.807, 2.05) is 27.7 Å². The van der Waals surface area contributed by atoms with Crippen LogP contribution in [-0.2, 0) is 38.2 Å². The zero-order valence-electron chi connectivity index (χ0n) is 24.8. The molecule has 226 valence electrons. The van der Waals surface area contributed by atoms with Gasteiger partial charge in [0.25, 0.3) is 0 Å². The molecule has 2 aliphatic heterocycles. The molecule has 0 aromatic rings. The second-order valence-corrected chi connectivity index (χ2v) is 12.5. The van der Waals surface area contributed by atoms with E-state index >= 15 is 0 Å². The molecule has 0 saturated carbocycles. The van der Waals surface area contributed by atoms with Gasteiger partial charge in [0, 0.05) is 74.5 Å². The van der Waals surface area contributed by atoms with Crippen molar-refractivity contribution in [2.75, 3.05) is 52.6 Å². The first kappa shape index (κ1) is 33.3. The van der Waals surface area contributed by atoms with Crippen LogP contribution in [0.1, 0.15) is 67.2 Å². The molecule has 2 rings (SSSR count). The van der Waals surface area contributed by atoms with E-state index in [2.05, 4.69) is 10.6 Å². The van der Waals surface area contributed by atoms with Crippen molar-refractivity contribution in [1.29, 1.82) is 0 Å². The lowest BCUT2D eigenvalue weighted by molar-refractivity contribution is -0.141. The lowest BCUT2D eigenvalue weighted by Crippen LogP contribution is -2.40. The summed E-state index contributed by atoms with van der Waals surface area (Å²) in [5.74, 6) is -1.99. The molecule has 40 heavy (non-hydrogen) atoms. The third-order valence-electron chi connectivity index (χ3n) is 6.87. The Morgan fingerprint density at radius 1 is 0.750 bits per heavy atom. The highest BCUT2D eigenvalue weighted by molar-refractivity contribution is 6.04. The summed E-state index contributed by atoms with van der Waals surface area (Å²) in [6.45, 7) is 13.9. The predicted octanol–water partition coefficient (Wildman–Crippen LogP) is 0.875. The molecular weight excluding hydrogens is 520 g/mol. The quantitative estimate of drug-likeness (QED) is 0.194. The van der Waals surface area contributed by atoms with Crippen LogP contribution in [0.5, 0.6) is 0 Å². The number of likely N-dealkylation sites (tertiary alicyclic amines) is 2. The van der Waals surface area contributed by atoms with Crippen LogP contribution in [0.15, 0.2) is 0 Å². The minimum atomic E-state index is -0.326. The Morgan fingerprint density at radius 2 is 1.20 bits per heavy atom. The van der Waals surface area contributed by atoms with Gasteiger partial charge >= 0.3 is 0 Å². The van der Waals surface area contributed by atoms with Crippen molar-refractivity contribution in [2.45, 2.75) is 67.2 Å². The fraction of sp³-hybridized carbons (Fsp3) is 0.786. The average molecular weight is 567 g/mol. The summed E-state index contributed by atoms with van der Waals surface area (Å²) in [6, 6.07) is 0. The first-order valence-electron chi connectivity index (χ1n) is 14.0. The molecule has 2 fully saturated rings. The molecular formula is C28H46N4O8. The minimum absolute atomic E-state index is 0.0663.